The lowest BCUT2D eigenvalue weighted by Crippen LogP contribution is -2.09. The second-order valence-electron chi connectivity index (χ2n) is 10.5. The van der Waals surface area contributed by atoms with Gasteiger partial charge in [0.2, 0.25) is 0 Å². The van der Waals surface area contributed by atoms with Crippen molar-refractivity contribution in [3.8, 4) is 0 Å². The summed E-state index contributed by atoms with van der Waals surface area (Å²) < 4.78 is 2.36. The molecule has 5 aromatic carbocycles. The van der Waals surface area contributed by atoms with E-state index in [-0.39, 0.29) is 0 Å². The molecule has 0 spiro atoms. The molecule has 0 bridgehead atoms. The normalized spacial score (nSPS) is 11.8. The Hall–Kier alpha value is -5.40. The molecule has 0 radical (unpaired) electrons. The smallest absolute Gasteiger partial charge is 0.194 e. The predicted molar refractivity (Wildman–Crippen MR) is 178 cm³/mol. The standard InChI is InChI=1S/C38H32N4/c1-5-41-37-14-10-9-13-34(37)35-24-30(17-22-38(35)41)26-40-42(32-11-7-6-8-12-32)33-20-18-31(19-21-33)36(39-4)25-29-16-15-27(2)28(3)23-29/h6-26H,5H2,1-3H3/b36-25-,40-26+. The van der Waals surface area contributed by atoms with Gasteiger partial charge in [-0.3, -0.25) is 0 Å². The first-order chi connectivity index (χ1) is 20.6. The molecule has 4 nitrogen and oxygen atoms in total. The third-order valence-corrected chi connectivity index (χ3v) is 7.80. The number of para-hydroxylation sites is 2. The van der Waals surface area contributed by atoms with Crippen molar-refractivity contribution in [3.63, 3.8) is 0 Å². The highest BCUT2D eigenvalue weighted by atomic mass is 15.5. The molecule has 6 rings (SSSR count). The number of benzene rings is 5. The zero-order valence-electron chi connectivity index (χ0n) is 24.1. The summed E-state index contributed by atoms with van der Waals surface area (Å²) in [6.07, 6.45) is 3.87. The zero-order valence-corrected chi connectivity index (χ0v) is 24.1. The third-order valence-electron chi connectivity index (χ3n) is 7.80. The Morgan fingerprint density at radius 3 is 2.17 bits per heavy atom. The van der Waals surface area contributed by atoms with E-state index >= 15 is 0 Å². The van der Waals surface area contributed by atoms with Gasteiger partial charge in [0.15, 0.2) is 5.70 Å². The molecule has 0 saturated heterocycles. The number of nitrogens with zero attached hydrogens (tertiary/aromatic N) is 4. The maximum absolute atomic E-state index is 7.82. The van der Waals surface area contributed by atoms with Gasteiger partial charge in [-0.1, -0.05) is 72.8 Å². The fraction of sp³-hybridized carbons (Fsp3) is 0.105. The number of hydrogen-bond acceptors (Lipinski definition) is 2. The topological polar surface area (TPSA) is 24.9 Å². The quantitative estimate of drug-likeness (QED) is 0.0849. The lowest BCUT2D eigenvalue weighted by molar-refractivity contribution is 0.827. The van der Waals surface area contributed by atoms with Crippen LogP contribution in [0.3, 0.4) is 0 Å². The summed E-state index contributed by atoms with van der Waals surface area (Å²) in [4.78, 5) is 3.83. The molecule has 204 valence electrons. The number of hydrogen-bond donors (Lipinski definition) is 0. The number of fused-ring (bicyclic) bond motifs is 3. The summed E-state index contributed by atoms with van der Waals surface area (Å²) in [5.41, 5.74) is 10.4. The van der Waals surface area contributed by atoms with Gasteiger partial charge < -0.3 is 4.57 Å². The van der Waals surface area contributed by atoms with E-state index in [1.165, 1.54) is 32.9 Å². The van der Waals surface area contributed by atoms with E-state index < -0.39 is 0 Å². The molecule has 1 heterocycles. The Morgan fingerprint density at radius 2 is 1.43 bits per heavy atom. The first-order valence-corrected chi connectivity index (χ1v) is 14.2. The monoisotopic (exact) mass is 544 g/mol. The molecule has 4 heteroatoms. The fourth-order valence-corrected chi connectivity index (χ4v) is 5.43. The van der Waals surface area contributed by atoms with E-state index in [0.29, 0.717) is 5.70 Å². The van der Waals surface area contributed by atoms with Crippen LogP contribution in [-0.2, 0) is 6.54 Å². The van der Waals surface area contributed by atoms with Crippen LogP contribution in [0.1, 0.15) is 34.7 Å². The molecule has 0 N–H and O–H groups in total. The molecule has 0 aliphatic heterocycles. The Morgan fingerprint density at radius 1 is 0.738 bits per heavy atom. The summed E-state index contributed by atoms with van der Waals surface area (Å²) in [6.45, 7) is 15.1. The van der Waals surface area contributed by atoms with Crippen LogP contribution in [0.25, 0.3) is 38.4 Å². The highest BCUT2D eigenvalue weighted by molar-refractivity contribution is 6.09. The van der Waals surface area contributed by atoms with Gasteiger partial charge in [-0.15, -0.1) is 0 Å². The van der Waals surface area contributed by atoms with Crippen molar-refractivity contribution >= 4 is 51.2 Å². The number of rotatable bonds is 7. The van der Waals surface area contributed by atoms with Crippen molar-refractivity contribution in [3.05, 3.63) is 154 Å². The van der Waals surface area contributed by atoms with Crippen LogP contribution in [-0.4, -0.2) is 10.8 Å². The second kappa shape index (κ2) is 11.6. The predicted octanol–water partition coefficient (Wildman–Crippen LogP) is 10.0. The van der Waals surface area contributed by atoms with Crippen molar-refractivity contribution < 1.29 is 0 Å². The molecule has 1 aromatic heterocycles. The Kier molecular flexibility index (Phi) is 7.41. The van der Waals surface area contributed by atoms with Crippen molar-refractivity contribution in [1.82, 2.24) is 4.57 Å². The van der Waals surface area contributed by atoms with E-state index in [1.807, 2.05) is 71.9 Å². The first kappa shape index (κ1) is 26.8. The van der Waals surface area contributed by atoms with Crippen molar-refractivity contribution in [2.45, 2.75) is 27.3 Å². The lowest BCUT2D eigenvalue weighted by atomic mass is 10.0. The Bertz CT molecular complexity index is 1990. The summed E-state index contributed by atoms with van der Waals surface area (Å²) in [5.74, 6) is 0. The van der Waals surface area contributed by atoms with Gasteiger partial charge in [-0.25, -0.2) is 9.85 Å². The SMILES string of the molecule is [C-]#[N+]/C(=C\c1ccc(C)c(C)c1)c1ccc(N(/N=C/c2ccc3c(c2)c2ccccc2n3CC)c2ccccc2)cc1. The van der Waals surface area contributed by atoms with Crippen molar-refractivity contribution in [2.75, 3.05) is 5.01 Å². The van der Waals surface area contributed by atoms with Crippen LogP contribution >= 0.6 is 0 Å². The van der Waals surface area contributed by atoms with Crippen LogP contribution in [0.4, 0.5) is 11.4 Å². The fourth-order valence-electron chi connectivity index (χ4n) is 5.43. The summed E-state index contributed by atoms with van der Waals surface area (Å²) in [5, 5.41) is 9.38. The van der Waals surface area contributed by atoms with Crippen LogP contribution in [0.2, 0.25) is 0 Å². The van der Waals surface area contributed by atoms with Gasteiger partial charge in [0.1, 0.15) is 0 Å². The van der Waals surface area contributed by atoms with Gasteiger partial charge in [0, 0.05) is 28.4 Å². The maximum atomic E-state index is 7.82. The second-order valence-corrected chi connectivity index (χ2v) is 10.5. The summed E-state index contributed by atoms with van der Waals surface area (Å²) >= 11 is 0. The van der Waals surface area contributed by atoms with Gasteiger partial charge >= 0.3 is 0 Å². The van der Waals surface area contributed by atoms with E-state index in [1.54, 1.807) is 0 Å². The molecule has 0 aliphatic rings. The van der Waals surface area contributed by atoms with Crippen molar-refractivity contribution in [1.29, 1.82) is 0 Å². The summed E-state index contributed by atoms with van der Waals surface area (Å²) in [6, 6.07) is 39.6. The molecular formula is C38H32N4. The van der Waals surface area contributed by atoms with E-state index in [9.17, 15) is 0 Å². The van der Waals surface area contributed by atoms with Crippen molar-refractivity contribution in [2.24, 2.45) is 5.10 Å². The summed E-state index contributed by atoms with van der Waals surface area (Å²) in [7, 11) is 0. The van der Waals surface area contributed by atoms with E-state index in [2.05, 4.69) is 90.8 Å². The van der Waals surface area contributed by atoms with E-state index in [4.69, 9.17) is 11.7 Å². The van der Waals surface area contributed by atoms with Gasteiger partial charge in [-0.05, 0) is 97.1 Å². The molecule has 0 saturated carbocycles. The largest absolute Gasteiger partial charge is 0.341 e. The molecule has 0 atom stereocenters. The average molecular weight is 545 g/mol. The van der Waals surface area contributed by atoms with E-state index in [0.717, 1.165) is 34.6 Å². The number of aryl methyl sites for hydroxylation is 3. The third kappa shape index (κ3) is 5.21. The van der Waals surface area contributed by atoms with Gasteiger partial charge in [0.25, 0.3) is 0 Å². The highest BCUT2D eigenvalue weighted by Gasteiger charge is 2.12. The molecule has 0 unspecified atom stereocenters. The maximum Gasteiger partial charge on any atom is 0.194 e. The molecule has 0 aliphatic carbocycles. The van der Waals surface area contributed by atoms with Gasteiger partial charge in [0.05, 0.1) is 24.2 Å². The Labute approximate surface area is 247 Å². The van der Waals surface area contributed by atoms with Crippen LogP contribution < -0.4 is 5.01 Å². The average Bonchev–Trinajstić information content (AvgIpc) is 3.35. The number of aromatic nitrogens is 1. The number of anilines is 2. The number of hydrazone groups is 1. The van der Waals surface area contributed by atoms with Crippen LogP contribution in [0.15, 0.2) is 120 Å². The molecule has 42 heavy (non-hydrogen) atoms. The molecule has 0 fully saturated rings. The lowest BCUT2D eigenvalue weighted by Gasteiger charge is -2.19. The zero-order chi connectivity index (χ0) is 29.1. The Balaban J connectivity index is 1.35. The molecular weight excluding hydrogens is 512 g/mol. The minimum absolute atomic E-state index is 0.610. The minimum atomic E-state index is 0.610. The highest BCUT2D eigenvalue weighted by Crippen LogP contribution is 2.31. The minimum Gasteiger partial charge on any atom is -0.341 e. The first-order valence-electron chi connectivity index (χ1n) is 14.2. The van der Waals surface area contributed by atoms with Crippen LogP contribution in [0.5, 0.6) is 0 Å². The van der Waals surface area contributed by atoms with Crippen LogP contribution in [0, 0.1) is 20.4 Å². The molecule has 0 amide bonds. The molecule has 6 aromatic rings. The van der Waals surface area contributed by atoms with Gasteiger partial charge in [-0.2, -0.15) is 5.10 Å².